The smallest absolute Gasteiger partial charge is 0.0234 e. The van der Waals surface area contributed by atoms with Crippen molar-refractivity contribution in [1.82, 2.24) is 10.2 Å². The molecule has 114 valence electrons. The number of fused-ring (bicyclic) bond motifs is 2. The number of nitrogens with zero attached hydrogens (tertiary/aromatic N) is 1. The maximum Gasteiger partial charge on any atom is 0.0234 e. The largest absolute Gasteiger partial charge is 0.312 e. The zero-order chi connectivity index (χ0) is 14.1. The molecule has 2 aliphatic carbocycles. The van der Waals surface area contributed by atoms with Crippen molar-refractivity contribution in [3.8, 4) is 0 Å². The van der Waals surface area contributed by atoms with E-state index in [0.717, 1.165) is 30.3 Å². The lowest BCUT2D eigenvalue weighted by molar-refractivity contribution is 0.292. The van der Waals surface area contributed by atoms with Crippen LogP contribution in [0.5, 0.6) is 0 Å². The molecule has 1 aromatic carbocycles. The molecule has 21 heavy (non-hydrogen) atoms. The monoisotopic (exact) mass is 284 g/mol. The minimum absolute atomic E-state index is 0.729. The summed E-state index contributed by atoms with van der Waals surface area (Å²) in [6.07, 6.45) is 7.42. The molecular weight excluding hydrogens is 256 g/mol. The minimum atomic E-state index is 0.729. The molecular formula is C19H28N2. The van der Waals surface area contributed by atoms with Gasteiger partial charge in [-0.05, 0) is 55.5 Å². The first-order valence-corrected chi connectivity index (χ1v) is 8.86. The van der Waals surface area contributed by atoms with Gasteiger partial charge in [-0.2, -0.15) is 0 Å². The Labute approximate surface area is 128 Å². The molecule has 2 heteroatoms. The lowest BCUT2D eigenvalue weighted by Gasteiger charge is -2.24. The molecule has 4 rings (SSSR count). The Bertz CT molecular complexity index is 458. The van der Waals surface area contributed by atoms with E-state index in [9.17, 15) is 0 Å². The Balaban J connectivity index is 1.22. The van der Waals surface area contributed by atoms with Crippen LogP contribution in [0.4, 0.5) is 0 Å². The second kappa shape index (κ2) is 6.10. The molecule has 1 aliphatic heterocycles. The highest BCUT2D eigenvalue weighted by atomic mass is 15.2. The number of hydrogen-bond acceptors (Lipinski definition) is 2. The topological polar surface area (TPSA) is 15.3 Å². The van der Waals surface area contributed by atoms with Gasteiger partial charge in [-0.3, -0.25) is 4.90 Å². The molecule has 4 atom stereocenters. The van der Waals surface area contributed by atoms with Gasteiger partial charge in [0.2, 0.25) is 0 Å². The van der Waals surface area contributed by atoms with Crippen LogP contribution in [0.2, 0.25) is 0 Å². The molecule has 2 saturated carbocycles. The zero-order valence-electron chi connectivity index (χ0n) is 13.0. The van der Waals surface area contributed by atoms with Crippen molar-refractivity contribution < 1.29 is 0 Å². The summed E-state index contributed by atoms with van der Waals surface area (Å²) in [5.74, 6) is 3.14. The van der Waals surface area contributed by atoms with E-state index < -0.39 is 0 Å². The van der Waals surface area contributed by atoms with Crippen LogP contribution in [0.1, 0.15) is 37.7 Å². The van der Waals surface area contributed by atoms with E-state index in [0.29, 0.717) is 0 Å². The first-order valence-electron chi connectivity index (χ1n) is 8.86. The number of benzene rings is 1. The van der Waals surface area contributed by atoms with E-state index in [1.54, 1.807) is 0 Å². The van der Waals surface area contributed by atoms with Crippen molar-refractivity contribution in [3.63, 3.8) is 0 Å². The van der Waals surface area contributed by atoms with E-state index in [1.165, 1.54) is 57.3 Å². The van der Waals surface area contributed by atoms with E-state index >= 15 is 0 Å². The molecule has 2 nitrogen and oxygen atoms in total. The summed E-state index contributed by atoms with van der Waals surface area (Å²) in [6.45, 7) is 4.89. The fraction of sp³-hybridized carbons (Fsp3) is 0.684. The predicted octanol–water partition coefficient (Wildman–Crippen LogP) is 3.29. The molecule has 1 saturated heterocycles. The molecule has 2 bridgehead atoms. The second-order valence-corrected chi connectivity index (χ2v) is 7.55. The summed E-state index contributed by atoms with van der Waals surface area (Å²) in [5, 5.41) is 3.88. The van der Waals surface area contributed by atoms with Gasteiger partial charge in [0.25, 0.3) is 0 Å². The van der Waals surface area contributed by atoms with Gasteiger partial charge in [0.05, 0.1) is 0 Å². The number of nitrogens with one attached hydrogen (secondary N) is 1. The summed E-state index contributed by atoms with van der Waals surface area (Å²) in [7, 11) is 0. The Hall–Kier alpha value is -0.860. The molecule has 1 heterocycles. The highest BCUT2D eigenvalue weighted by Gasteiger charge is 2.39. The normalized spacial score (nSPS) is 35.6. The predicted molar refractivity (Wildman–Crippen MR) is 87.1 cm³/mol. The molecule has 0 aromatic heterocycles. The fourth-order valence-electron chi connectivity index (χ4n) is 4.93. The summed E-state index contributed by atoms with van der Waals surface area (Å²) in [6, 6.07) is 11.6. The lowest BCUT2D eigenvalue weighted by Crippen LogP contribution is -2.37. The van der Waals surface area contributed by atoms with E-state index in [4.69, 9.17) is 0 Å². The maximum atomic E-state index is 3.88. The Kier molecular flexibility index (Phi) is 4.00. The van der Waals surface area contributed by atoms with Crippen molar-refractivity contribution in [3.05, 3.63) is 35.9 Å². The van der Waals surface area contributed by atoms with Crippen molar-refractivity contribution in [2.75, 3.05) is 19.6 Å². The quantitative estimate of drug-likeness (QED) is 0.892. The van der Waals surface area contributed by atoms with Crippen molar-refractivity contribution in [1.29, 1.82) is 0 Å². The van der Waals surface area contributed by atoms with Crippen LogP contribution in [0.25, 0.3) is 0 Å². The van der Waals surface area contributed by atoms with Gasteiger partial charge < -0.3 is 5.32 Å². The van der Waals surface area contributed by atoms with Crippen molar-refractivity contribution >= 4 is 0 Å². The zero-order valence-corrected chi connectivity index (χ0v) is 13.0. The molecule has 1 N–H and O–H groups in total. The summed E-state index contributed by atoms with van der Waals surface area (Å²) >= 11 is 0. The molecule has 0 amide bonds. The number of hydrogen-bond donors (Lipinski definition) is 1. The number of likely N-dealkylation sites (tertiary alicyclic amines) is 1. The first kappa shape index (κ1) is 13.8. The van der Waals surface area contributed by atoms with Gasteiger partial charge in [0.1, 0.15) is 0 Å². The lowest BCUT2D eigenvalue weighted by atomic mass is 9.88. The molecule has 1 aromatic rings. The van der Waals surface area contributed by atoms with Gasteiger partial charge in [0.15, 0.2) is 0 Å². The second-order valence-electron chi connectivity index (χ2n) is 7.55. The third-order valence-corrected chi connectivity index (χ3v) is 6.07. The summed E-state index contributed by atoms with van der Waals surface area (Å²) < 4.78 is 0. The van der Waals surface area contributed by atoms with Crippen LogP contribution < -0.4 is 5.32 Å². The van der Waals surface area contributed by atoms with Gasteiger partial charge >= 0.3 is 0 Å². The average molecular weight is 284 g/mol. The van der Waals surface area contributed by atoms with E-state index in [-0.39, 0.29) is 0 Å². The summed E-state index contributed by atoms with van der Waals surface area (Å²) in [5.41, 5.74) is 1.45. The number of rotatable bonds is 5. The van der Waals surface area contributed by atoms with Crippen LogP contribution in [-0.2, 0) is 6.54 Å². The van der Waals surface area contributed by atoms with Crippen molar-refractivity contribution in [2.45, 2.75) is 44.7 Å². The standard InChI is InChI=1S/C19H28N2/c1-2-4-15(5-3-1)13-21-9-8-19(14-21)20-12-18-11-16-6-7-17(18)10-16/h1-5,16-20H,6-14H2. The van der Waals surface area contributed by atoms with Crippen LogP contribution in [-0.4, -0.2) is 30.6 Å². The average Bonchev–Trinajstić information content (AvgIpc) is 3.22. The Morgan fingerprint density at radius 1 is 1.05 bits per heavy atom. The highest BCUT2D eigenvalue weighted by molar-refractivity contribution is 5.14. The van der Waals surface area contributed by atoms with Crippen molar-refractivity contribution in [2.24, 2.45) is 17.8 Å². The third kappa shape index (κ3) is 3.17. The molecule has 0 radical (unpaired) electrons. The molecule has 3 fully saturated rings. The Morgan fingerprint density at radius 2 is 1.95 bits per heavy atom. The third-order valence-electron chi connectivity index (χ3n) is 6.07. The van der Waals surface area contributed by atoms with Crippen LogP contribution in [0, 0.1) is 17.8 Å². The van der Waals surface area contributed by atoms with Crippen LogP contribution in [0.15, 0.2) is 30.3 Å². The highest BCUT2D eigenvalue weighted by Crippen LogP contribution is 2.47. The van der Waals surface area contributed by atoms with E-state index in [2.05, 4.69) is 40.5 Å². The van der Waals surface area contributed by atoms with Gasteiger partial charge in [-0.1, -0.05) is 36.8 Å². The first-order chi connectivity index (χ1) is 10.4. The molecule has 0 spiro atoms. The van der Waals surface area contributed by atoms with Gasteiger partial charge in [-0.25, -0.2) is 0 Å². The van der Waals surface area contributed by atoms with E-state index in [1.807, 2.05) is 0 Å². The fourth-order valence-corrected chi connectivity index (χ4v) is 4.93. The van der Waals surface area contributed by atoms with Crippen LogP contribution in [0.3, 0.4) is 0 Å². The van der Waals surface area contributed by atoms with Crippen LogP contribution >= 0.6 is 0 Å². The minimum Gasteiger partial charge on any atom is -0.312 e. The maximum absolute atomic E-state index is 3.88. The van der Waals surface area contributed by atoms with Gasteiger partial charge in [0, 0.05) is 25.7 Å². The SMILES string of the molecule is c1ccc(CN2CCC(NCC3CC4CCC3C4)C2)cc1. The van der Waals surface area contributed by atoms with Gasteiger partial charge in [-0.15, -0.1) is 0 Å². The molecule has 3 aliphatic rings. The molecule has 4 unspecified atom stereocenters. The Morgan fingerprint density at radius 3 is 2.71 bits per heavy atom. The summed E-state index contributed by atoms with van der Waals surface area (Å²) in [4.78, 5) is 2.60.